The van der Waals surface area contributed by atoms with Crippen LogP contribution in [0.1, 0.15) is 31.1 Å². The Morgan fingerprint density at radius 2 is 2.08 bits per heavy atom. The maximum absolute atomic E-state index is 4.23. The second-order valence-corrected chi connectivity index (χ2v) is 3.11. The molecule has 3 heteroatoms. The molecule has 0 unspecified atom stereocenters. The summed E-state index contributed by atoms with van der Waals surface area (Å²) in [5.41, 5.74) is 0. The third kappa shape index (κ3) is 1.61. The first-order valence-corrected chi connectivity index (χ1v) is 4.47. The second-order valence-electron chi connectivity index (χ2n) is 3.11. The molecule has 1 aromatic rings. The van der Waals surface area contributed by atoms with Crippen LogP contribution in [-0.2, 0) is 0 Å². The molecule has 1 aromatic heterocycles. The highest BCUT2D eigenvalue weighted by Crippen LogP contribution is 2.18. The van der Waals surface area contributed by atoms with Crippen LogP contribution in [0, 0.1) is 0 Å². The van der Waals surface area contributed by atoms with Gasteiger partial charge < -0.3 is 5.32 Å². The zero-order valence-electron chi connectivity index (χ0n) is 7.03. The van der Waals surface area contributed by atoms with Crippen LogP contribution in [-0.4, -0.2) is 16.5 Å². The molecule has 1 N–H and O–H groups in total. The molecule has 1 aliphatic heterocycles. The van der Waals surface area contributed by atoms with Crippen molar-refractivity contribution in [1.29, 1.82) is 0 Å². The van der Waals surface area contributed by atoms with Gasteiger partial charge in [-0.05, 0) is 25.5 Å². The summed E-state index contributed by atoms with van der Waals surface area (Å²) in [6.45, 7) is 1.10. The van der Waals surface area contributed by atoms with Gasteiger partial charge in [0.2, 0.25) is 0 Å². The maximum Gasteiger partial charge on any atom is 0.145 e. The van der Waals surface area contributed by atoms with Crippen molar-refractivity contribution in [1.82, 2.24) is 15.3 Å². The van der Waals surface area contributed by atoms with Gasteiger partial charge >= 0.3 is 0 Å². The minimum atomic E-state index is 0.389. The van der Waals surface area contributed by atoms with Crippen molar-refractivity contribution in [3.05, 3.63) is 24.3 Å². The standard InChI is InChI=1S/C9H13N3/c1-2-5-10-8(4-1)9-11-6-3-7-12-9/h3,6-8,10H,1-2,4-5H2/t8-/m0/s1. The average Bonchev–Trinajstić information content (AvgIpc) is 2.21. The predicted molar refractivity (Wildman–Crippen MR) is 46.6 cm³/mol. The summed E-state index contributed by atoms with van der Waals surface area (Å²) in [4.78, 5) is 8.46. The van der Waals surface area contributed by atoms with Crippen LogP contribution in [0.2, 0.25) is 0 Å². The van der Waals surface area contributed by atoms with Crippen LogP contribution in [0.3, 0.4) is 0 Å². The van der Waals surface area contributed by atoms with Crippen molar-refractivity contribution >= 4 is 0 Å². The minimum Gasteiger partial charge on any atom is -0.307 e. The number of hydrogen-bond donors (Lipinski definition) is 1. The lowest BCUT2D eigenvalue weighted by Crippen LogP contribution is -2.28. The largest absolute Gasteiger partial charge is 0.307 e. The van der Waals surface area contributed by atoms with Crippen LogP contribution in [0.15, 0.2) is 18.5 Å². The lowest BCUT2D eigenvalue weighted by Gasteiger charge is -2.21. The van der Waals surface area contributed by atoms with Gasteiger partial charge in [-0.3, -0.25) is 0 Å². The van der Waals surface area contributed by atoms with Gasteiger partial charge in [0.15, 0.2) is 0 Å². The molecule has 0 aliphatic carbocycles. The third-order valence-corrected chi connectivity index (χ3v) is 2.21. The lowest BCUT2D eigenvalue weighted by atomic mass is 10.0. The lowest BCUT2D eigenvalue weighted by molar-refractivity contribution is 0.397. The van der Waals surface area contributed by atoms with Crippen molar-refractivity contribution in [2.45, 2.75) is 25.3 Å². The highest BCUT2D eigenvalue weighted by atomic mass is 15.0. The van der Waals surface area contributed by atoms with E-state index in [1.54, 1.807) is 12.4 Å². The van der Waals surface area contributed by atoms with Gasteiger partial charge in [0.25, 0.3) is 0 Å². The summed E-state index contributed by atoms with van der Waals surface area (Å²) in [5.74, 6) is 0.942. The quantitative estimate of drug-likeness (QED) is 0.678. The molecule has 1 saturated heterocycles. The zero-order valence-corrected chi connectivity index (χ0v) is 7.03. The van der Waals surface area contributed by atoms with Gasteiger partial charge in [-0.1, -0.05) is 6.42 Å². The monoisotopic (exact) mass is 163 g/mol. The van der Waals surface area contributed by atoms with Gasteiger partial charge in [0, 0.05) is 12.4 Å². The van der Waals surface area contributed by atoms with E-state index in [2.05, 4.69) is 15.3 Å². The molecule has 2 heterocycles. The topological polar surface area (TPSA) is 37.8 Å². The van der Waals surface area contributed by atoms with Gasteiger partial charge in [-0.2, -0.15) is 0 Å². The molecule has 1 aliphatic rings. The Morgan fingerprint density at radius 1 is 1.25 bits per heavy atom. The molecule has 0 radical (unpaired) electrons. The Labute approximate surface area is 72.2 Å². The van der Waals surface area contributed by atoms with E-state index in [1.165, 1.54) is 19.3 Å². The number of rotatable bonds is 1. The number of aromatic nitrogens is 2. The molecule has 12 heavy (non-hydrogen) atoms. The Bertz CT molecular complexity index is 229. The number of nitrogens with zero attached hydrogens (tertiary/aromatic N) is 2. The molecule has 64 valence electrons. The molecule has 0 aromatic carbocycles. The van der Waals surface area contributed by atoms with Crippen LogP contribution in [0.4, 0.5) is 0 Å². The molecule has 1 atom stereocenters. The first kappa shape index (κ1) is 7.68. The average molecular weight is 163 g/mol. The summed E-state index contributed by atoms with van der Waals surface area (Å²) in [7, 11) is 0. The van der Waals surface area contributed by atoms with Crippen molar-refractivity contribution in [3.63, 3.8) is 0 Å². The molecule has 0 bridgehead atoms. The van der Waals surface area contributed by atoms with Gasteiger partial charge in [-0.25, -0.2) is 9.97 Å². The Kier molecular flexibility index (Phi) is 2.32. The van der Waals surface area contributed by atoms with Gasteiger partial charge in [0.05, 0.1) is 6.04 Å². The minimum absolute atomic E-state index is 0.389. The van der Waals surface area contributed by atoms with Crippen molar-refractivity contribution < 1.29 is 0 Å². The number of nitrogens with one attached hydrogen (secondary N) is 1. The molecule has 2 rings (SSSR count). The van der Waals surface area contributed by atoms with Gasteiger partial charge in [-0.15, -0.1) is 0 Å². The van der Waals surface area contributed by atoms with E-state index in [-0.39, 0.29) is 0 Å². The van der Waals surface area contributed by atoms with E-state index >= 15 is 0 Å². The second kappa shape index (κ2) is 3.63. The van der Waals surface area contributed by atoms with E-state index in [9.17, 15) is 0 Å². The van der Waals surface area contributed by atoms with Crippen molar-refractivity contribution in [3.8, 4) is 0 Å². The SMILES string of the molecule is c1cnc([C@@H]2CCCCN2)nc1. The van der Waals surface area contributed by atoms with E-state index in [1.807, 2.05) is 6.07 Å². The smallest absolute Gasteiger partial charge is 0.145 e. The zero-order chi connectivity index (χ0) is 8.23. The summed E-state index contributed by atoms with van der Waals surface area (Å²) >= 11 is 0. The fourth-order valence-electron chi connectivity index (χ4n) is 1.56. The van der Waals surface area contributed by atoms with Crippen molar-refractivity contribution in [2.75, 3.05) is 6.54 Å². The van der Waals surface area contributed by atoms with Gasteiger partial charge in [0.1, 0.15) is 5.82 Å². The number of piperidine rings is 1. The van der Waals surface area contributed by atoms with Crippen molar-refractivity contribution in [2.24, 2.45) is 0 Å². The van der Waals surface area contributed by atoms with Crippen LogP contribution in [0.25, 0.3) is 0 Å². The third-order valence-electron chi connectivity index (χ3n) is 2.21. The molecule has 3 nitrogen and oxygen atoms in total. The summed E-state index contributed by atoms with van der Waals surface area (Å²) in [6.07, 6.45) is 7.35. The van der Waals surface area contributed by atoms with Crippen LogP contribution in [0.5, 0.6) is 0 Å². The Hall–Kier alpha value is -0.960. The molecule has 0 saturated carbocycles. The van der Waals surface area contributed by atoms with Crippen LogP contribution >= 0.6 is 0 Å². The fourth-order valence-corrected chi connectivity index (χ4v) is 1.56. The van der Waals surface area contributed by atoms with Crippen LogP contribution < -0.4 is 5.32 Å². The first-order valence-electron chi connectivity index (χ1n) is 4.47. The first-order chi connectivity index (χ1) is 5.97. The van der Waals surface area contributed by atoms with E-state index in [0.29, 0.717) is 6.04 Å². The summed E-state index contributed by atoms with van der Waals surface area (Å²) in [5, 5.41) is 3.41. The predicted octanol–water partition coefficient (Wildman–Crippen LogP) is 1.29. The number of hydrogen-bond acceptors (Lipinski definition) is 3. The molecule has 1 fully saturated rings. The fraction of sp³-hybridized carbons (Fsp3) is 0.556. The van der Waals surface area contributed by atoms with E-state index in [4.69, 9.17) is 0 Å². The normalized spacial score (nSPS) is 23.8. The molecule has 0 amide bonds. The van der Waals surface area contributed by atoms with E-state index in [0.717, 1.165) is 12.4 Å². The Morgan fingerprint density at radius 3 is 2.75 bits per heavy atom. The van der Waals surface area contributed by atoms with E-state index < -0.39 is 0 Å². The molecule has 0 spiro atoms. The molecular formula is C9H13N3. The highest BCUT2D eigenvalue weighted by Gasteiger charge is 2.15. The molecular weight excluding hydrogens is 150 g/mol. The maximum atomic E-state index is 4.23. The highest BCUT2D eigenvalue weighted by molar-refractivity contribution is 4.96. The Balaban J connectivity index is 2.08. The summed E-state index contributed by atoms with van der Waals surface area (Å²) < 4.78 is 0. The summed E-state index contributed by atoms with van der Waals surface area (Å²) in [6, 6.07) is 2.24.